The Morgan fingerprint density at radius 3 is 2.54 bits per heavy atom. The number of hydrogen-bond donors (Lipinski definition) is 3. The van der Waals surface area contributed by atoms with Crippen molar-refractivity contribution in [2.24, 2.45) is 5.41 Å². The quantitative estimate of drug-likeness (QED) is 0.281. The molecule has 0 spiro atoms. The second-order valence-electron chi connectivity index (χ2n) is 9.31. The number of piperidine rings is 1. The van der Waals surface area contributed by atoms with E-state index in [2.05, 4.69) is 28.4 Å². The van der Waals surface area contributed by atoms with Gasteiger partial charge in [-0.05, 0) is 72.0 Å². The summed E-state index contributed by atoms with van der Waals surface area (Å²) in [6.07, 6.45) is 1.87. The van der Waals surface area contributed by atoms with Gasteiger partial charge in [-0.1, -0.05) is 18.7 Å². The van der Waals surface area contributed by atoms with Gasteiger partial charge in [0.15, 0.2) is 0 Å². The van der Waals surface area contributed by atoms with Crippen LogP contribution in [0.5, 0.6) is 0 Å². The molecule has 1 saturated heterocycles. The highest BCUT2D eigenvalue weighted by Gasteiger charge is 2.45. The van der Waals surface area contributed by atoms with Crippen molar-refractivity contribution in [1.29, 1.82) is 10.8 Å². The zero-order valence-electron chi connectivity index (χ0n) is 20.1. The number of benzene rings is 1. The standard InChI is InChI=1S/C28H27F4N5/c1-18(14-33)16-37-10-8-21-11-26(36-24-5-3-23(29)4-6-24)20(15-34)13-27(21,17-37)19(2)25-12-22(7-9-35-25)28(30,31)32/h3-7,9,11-12,14-15,33-34,36H,1-2,8,10,13,16-17H2. The molecular weight excluding hydrogens is 482 g/mol. The number of hydrogen-bond acceptors (Lipinski definition) is 5. The Morgan fingerprint density at radius 1 is 1.16 bits per heavy atom. The largest absolute Gasteiger partial charge is 0.416 e. The number of fused-ring (bicyclic) bond motifs is 1. The van der Waals surface area contributed by atoms with Gasteiger partial charge < -0.3 is 16.1 Å². The number of pyridine rings is 1. The molecule has 1 unspecified atom stereocenters. The van der Waals surface area contributed by atoms with E-state index in [1.165, 1.54) is 24.6 Å². The molecule has 2 aromatic rings. The fourth-order valence-electron chi connectivity index (χ4n) is 4.96. The third-order valence-corrected chi connectivity index (χ3v) is 6.86. The fourth-order valence-corrected chi connectivity index (χ4v) is 4.96. The number of allylic oxidation sites excluding steroid dienone is 2. The Bertz CT molecular complexity index is 1310. The number of nitrogens with zero attached hydrogens (tertiary/aromatic N) is 2. The van der Waals surface area contributed by atoms with Crippen LogP contribution in [0, 0.1) is 22.1 Å². The summed E-state index contributed by atoms with van der Waals surface area (Å²) in [6.45, 7) is 9.65. The van der Waals surface area contributed by atoms with Crippen LogP contribution in [-0.2, 0) is 6.18 Å². The Balaban J connectivity index is 1.76. The van der Waals surface area contributed by atoms with E-state index in [1.807, 2.05) is 6.08 Å². The lowest BCUT2D eigenvalue weighted by Crippen LogP contribution is -2.47. The third kappa shape index (κ3) is 5.46. The Labute approximate surface area is 212 Å². The van der Waals surface area contributed by atoms with Crippen molar-refractivity contribution in [3.05, 3.63) is 101 Å². The van der Waals surface area contributed by atoms with Crippen molar-refractivity contribution in [1.82, 2.24) is 9.88 Å². The number of alkyl halides is 3. The molecule has 1 aliphatic heterocycles. The molecule has 3 N–H and O–H groups in total. The maximum absolute atomic E-state index is 13.5. The molecule has 1 aromatic carbocycles. The molecule has 1 fully saturated rings. The first-order valence-electron chi connectivity index (χ1n) is 11.7. The van der Waals surface area contributed by atoms with E-state index in [9.17, 15) is 17.6 Å². The molecule has 1 aliphatic carbocycles. The first kappa shape index (κ1) is 26.2. The number of aromatic nitrogens is 1. The average Bonchev–Trinajstić information content (AvgIpc) is 2.88. The van der Waals surface area contributed by atoms with Gasteiger partial charge in [0, 0.05) is 55.1 Å². The predicted octanol–water partition coefficient (Wildman–Crippen LogP) is 6.50. The van der Waals surface area contributed by atoms with E-state index in [4.69, 9.17) is 10.8 Å². The van der Waals surface area contributed by atoms with Crippen LogP contribution in [0.2, 0.25) is 0 Å². The molecule has 2 heterocycles. The molecule has 192 valence electrons. The molecule has 5 nitrogen and oxygen atoms in total. The van der Waals surface area contributed by atoms with Gasteiger partial charge in [0.05, 0.1) is 11.3 Å². The summed E-state index contributed by atoms with van der Waals surface area (Å²) >= 11 is 0. The molecule has 2 aliphatic rings. The van der Waals surface area contributed by atoms with Gasteiger partial charge in [0.25, 0.3) is 0 Å². The van der Waals surface area contributed by atoms with Gasteiger partial charge in [-0.2, -0.15) is 13.2 Å². The monoisotopic (exact) mass is 509 g/mol. The van der Waals surface area contributed by atoms with E-state index in [-0.39, 0.29) is 11.5 Å². The van der Waals surface area contributed by atoms with Crippen LogP contribution in [0.1, 0.15) is 24.1 Å². The van der Waals surface area contributed by atoms with Crippen LogP contribution in [-0.4, -0.2) is 41.9 Å². The summed E-state index contributed by atoms with van der Waals surface area (Å²) in [5, 5.41) is 18.9. The first-order chi connectivity index (χ1) is 17.6. The lowest BCUT2D eigenvalue weighted by atomic mass is 9.63. The smallest absolute Gasteiger partial charge is 0.355 e. The third-order valence-electron chi connectivity index (χ3n) is 6.86. The number of anilines is 1. The minimum atomic E-state index is -4.52. The van der Waals surface area contributed by atoms with E-state index in [1.54, 1.807) is 12.1 Å². The molecular formula is C28H27F4N5. The minimum Gasteiger partial charge on any atom is -0.355 e. The van der Waals surface area contributed by atoms with Gasteiger partial charge in [-0.3, -0.25) is 9.88 Å². The van der Waals surface area contributed by atoms with E-state index in [0.29, 0.717) is 60.6 Å². The van der Waals surface area contributed by atoms with Crippen molar-refractivity contribution < 1.29 is 17.6 Å². The average molecular weight is 510 g/mol. The number of likely N-dealkylation sites (tertiary alicyclic amines) is 1. The Hall–Kier alpha value is -3.85. The normalized spacial score (nSPS) is 20.1. The van der Waals surface area contributed by atoms with Crippen LogP contribution in [0.25, 0.3) is 5.57 Å². The van der Waals surface area contributed by atoms with Crippen LogP contribution in [0.4, 0.5) is 23.2 Å². The highest BCUT2D eigenvalue weighted by molar-refractivity contribution is 5.84. The van der Waals surface area contributed by atoms with E-state index < -0.39 is 17.2 Å². The fraction of sp³-hybridized carbons (Fsp3) is 0.250. The van der Waals surface area contributed by atoms with Crippen molar-refractivity contribution >= 4 is 23.7 Å². The topological polar surface area (TPSA) is 75.9 Å². The molecule has 37 heavy (non-hydrogen) atoms. The number of nitrogens with one attached hydrogen (secondary N) is 3. The summed E-state index contributed by atoms with van der Waals surface area (Å²) in [5.41, 5.74) is 2.51. The SMILES string of the molecule is C=C(C=N)CN1CCC2=CC(Nc3ccc(F)cc3)=C(C=N)CC2(C(=C)c2cc(C(F)(F)F)ccn2)C1. The molecule has 0 bridgehead atoms. The van der Waals surface area contributed by atoms with Gasteiger partial charge in [-0.25, -0.2) is 4.39 Å². The van der Waals surface area contributed by atoms with Gasteiger partial charge in [0.1, 0.15) is 5.82 Å². The summed E-state index contributed by atoms with van der Waals surface area (Å²) < 4.78 is 53.8. The first-order valence-corrected chi connectivity index (χ1v) is 11.7. The highest BCUT2D eigenvalue weighted by atomic mass is 19.4. The van der Waals surface area contributed by atoms with E-state index >= 15 is 0 Å². The van der Waals surface area contributed by atoms with Crippen molar-refractivity contribution in [2.45, 2.75) is 19.0 Å². The van der Waals surface area contributed by atoms with Crippen LogP contribution >= 0.6 is 0 Å². The molecule has 1 aromatic heterocycles. The Morgan fingerprint density at radius 2 is 1.89 bits per heavy atom. The van der Waals surface area contributed by atoms with Crippen molar-refractivity contribution in [3.8, 4) is 0 Å². The minimum absolute atomic E-state index is 0.146. The molecule has 9 heteroatoms. The summed E-state index contributed by atoms with van der Waals surface area (Å²) in [4.78, 5) is 6.34. The van der Waals surface area contributed by atoms with Gasteiger partial charge in [-0.15, -0.1) is 0 Å². The lowest BCUT2D eigenvalue weighted by Gasteiger charge is -2.48. The highest BCUT2D eigenvalue weighted by Crippen LogP contribution is 2.52. The maximum Gasteiger partial charge on any atom is 0.416 e. The molecule has 0 radical (unpaired) electrons. The summed E-state index contributed by atoms with van der Waals surface area (Å²) in [6, 6.07) is 7.82. The molecule has 4 rings (SSSR count). The van der Waals surface area contributed by atoms with Crippen molar-refractivity contribution in [2.75, 3.05) is 25.0 Å². The zero-order chi connectivity index (χ0) is 26.8. The number of halogens is 4. The Kier molecular flexibility index (Phi) is 7.27. The van der Waals surface area contributed by atoms with Gasteiger partial charge in [0.2, 0.25) is 0 Å². The second kappa shape index (κ2) is 10.3. The van der Waals surface area contributed by atoms with Crippen molar-refractivity contribution in [3.63, 3.8) is 0 Å². The molecule has 0 saturated carbocycles. The molecule has 0 amide bonds. The number of rotatable bonds is 8. The summed E-state index contributed by atoms with van der Waals surface area (Å²) in [7, 11) is 0. The predicted molar refractivity (Wildman–Crippen MR) is 138 cm³/mol. The van der Waals surface area contributed by atoms with Crippen LogP contribution in [0.15, 0.2) is 84.2 Å². The van der Waals surface area contributed by atoms with E-state index in [0.717, 1.165) is 23.9 Å². The zero-order valence-corrected chi connectivity index (χ0v) is 20.1. The molecule has 1 atom stereocenters. The van der Waals surface area contributed by atoms with Crippen LogP contribution < -0.4 is 5.32 Å². The lowest BCUT2D eigenvalue weighted by molar-refractivity contribution is -0.137. The van der Waals surface area contributed by atoms with Crippen LogP contribution in [0.3, 0.4) is 0 Å². The summed E-state index contributed by atoms with van der Waals surface area (Å²) in [5.74, 6) is -0.364. The second-order valence-corrected chi connectivity index (χ2v) is 9.31. The van der Waals surface area contributed by atoms with Gasteiger partial charge >= 0.3 is 6.18 Å². The maximum atomic E-state index is 13.5.